The predicted molar refractivity (Wildman–Crippen MR) is 64.5 cm³/mol. The summed E-state index contributed by atoms with van der Waals surface area (Å²) in [5.41, 5.74) is 3.79. The fraction of sp³-hybridized carbons (Fsp3) is 0.667. The van der Waals surface area contributed by atoms with Crippen LogP contribution in [-0.4, -0.2) is 36.0 Å². The average molecular weight is 226 g/mol. The summed E-state index contributed by atoms with van der Waals surface area (Å²) in [5, 5.41) is 12.4. The summed E-state index contributed by atoms with van der Waals surface area (Å²) in [6.07, 6.45) is 0. The van der Waals surface area contributed by atoms with Crippen LogP contribution in [0.3, 0.4) is 0 Å². The molecule has 0 saturated carbocycles. The Kier molecular flexibility index (Phi) is 4.99. The molecule has 0 saturated heterocycles. The van der Waals surface area contributed by atoms with Gasteiger partial charge in [0, 0.05) is 32.1 Å². The van der Waals surface area contributed by atoms with Crippen LogP contribution in [0.4, 0.5) is 0 Å². The number of hydrogen-bond acceptors (Lipinski definition) is 3. The minimum atomic E-state index is 0.00455. The Morgan fingerprint density at radius 3 is 2.62 bits per heavy atom. The lowest BCUT2D eigenvalue weighted by Crippen LogP contribution is -2.36. The van der Waals surface area contributed by atoms with E-state index in [-0.39, 0.29) is 12.6 Å². The molecule has 2 N–H and O–H groups in total. The Balaban J connectivity index is 2.56. The summed E-state index contributed by atoms with van der Waals surface area (Å²) in [7, 11) is 3.70. The number of ether oxygens (including phenoxy) is 1. The third-order valence-electron chi connectivity index (χ3n) is 3.05. The van der Waals surface area contributed by atoms with Crippen LogP contribution in [0.25, 0.3) is 0 Å². The van der Waals surface area contributed by atoms with Gasteiger partial charge in [0.1, 0.15) is 0 Å². The summed E-state index contributed by atoms with van der Waals surface area (Å²) >= 11 is 0. The molecule has 0 aliphatic rings. The number of aliphatic hydroxyl groups excluding tert-OH is 1. The molecule has 1 rings (SSSR count). The minimum Gasteiger partial charge on any atom is -0.395 e. The Labute approximate surface area is 97.2 Å². The predicted octanol–water partition coefficient (Wildman–Crippen LogP) is 0.739. The van der Waals surface area contributed by atoms with Crippen molar-refractivity contribution in [1.82, 2.24) is 9.88 Å². The van der Waals surface area contributed by atoms with Crippen LogP contribution in [0.1, 0.15) is 17.0 Å². The number of aliphatic hydroxyl groups is 1. The topological polar surface area (TPSA) is 46.4 Å². The first kappa shape index (κ1) is 13.2. The molecular weight excluding hydrogens is 204 g/mol. The highest BCUT2D eigenvalue weighted by Gasteiger charge is 2.09. The summed E-state index contributed by atoms with van der Waals surface area (Å²) in [4.78, 5) is 0. The van der Waals surface area contributed by atoms with Gasteiger partial charge in [0.05, 0.1) is 19.3 Å². The molecule has 1 atom stereocenters. The highest BCUT2D eigenvalue weighted by Crippen LogP contribution is 2.12. The number of aryl methyl sites for hydroxylation is 1. The van der Waals surface area contributed by atoms with Crippen molar-refractivity contribution < 1.29 is 9.84 Å². The van der Waals surface area contributed by atoms with Crippen LogP contribution in [0.15, 0.2) is 6.07 Å². The molecule has 92 valence electrons. The van der Waals surface area contributed by atoms with Crippen molar-refractivity contribution in [3.63, 3.8) is 0 Å². The maximum absolute atomic E-state index is 9.12. The number of hydrogen-bond donors (Lipinski definition) is 2. The standard InChI is InChI=1S/C12H22N2O2/c1-9-5-11(10(2)14(9)3)6-13-12(7-15)8-16-4/h5,12-13,15H,6-8H2,1-4H3. The van der Waals surface area contributed by atoms with Crippen molar-refractivity contribution in [2.75, 3.05) is 20.3 Å². The van der Waals surface area contributed by atoms with Crippen LogP contribution in [-0.2, 0) is 18.3 Å². The van der Waals surface area contributed by atoms with E-state index >= 15 is 0 Å². The molecule has 0 radical (unpaired) electrons. The summed E-state index contributed by atoms with van der Waals surface area (Å²) < 4.78 is 7.18. The lowest BCUT2D eigenvalue weighted by molar-refractivity contribution is 0.128. The van der Waals surface area contributed by atoms with Crippen molar-refractivity contribution in [3.05, 3.63) is 23.0 Å². The largest absolute Gasteiger partial charge is 0.395 e. The van der Waals surface area contributed by atoms with E-state index in [1.54, 1.807) is 7.11 Å². The molecule has 4 heteroatoms. The Morgan fingerprint density at radius 1 is 1.50 bits per heavy atom. The van der Waals surface area contributed by atoms with E-state index in [4.69, 9.17) is 9.84 Å². The number of methoxy groups -OCH3 is 1. The van der Waals surface area contributed by atoms with Gasteiger partial charge in [-0.3, -0.25) is 0 Å². The highest BCUT2D eigenvalue weighted by atomic mass is 16.5. The van der Waals surface area contributed by atoms with Gasteiger partial charge in [0.2, 0.25) is 0 Å². The SMILES string of the molecule is COCC(CO)NCc1cc(C)n(C)c1C. The Hall–Kier alpha value is -0.840. The fourth-order valence-corrected chi connectivity index (χ4v) is 1.74. The molecule has 0 fully saturated rings. The average Bonchev–Trinajstić information content (AvgIpc) is 2.52. The number of nitrogens with zero attached hydrogens (tertiary/aromatic N) is 1. The summed E-state index contributed by atoms with van der Waals surface area (Å²) in [6, 6.07) is 2.17. The Morgan fingerprint density at radius 2 is 2.19 bits per heavy atom. The van der Waals surface area contributed by atoms with E-state index in [9.17, 15) is 0 Å². The van der Waals surface area contributed by atoms with Crippen LogP contribution in [0, 0.1) is 13.8 Å². The van der Waals surface area contributed by atoms with Gasteiger partial charge in [-0.15, -0.1) is 0 Å². The van der Waals surface area contributed by atoms with Gasteiger partial charge in [-0.1, -0.05) is 0 Å². The van der Waals surface area contributed by atoms with E-state index < -0.39 is 0 Å². The molecule has 0 spiro atoms. The normalized spacial score (nSPS) is 13.1. The van der Waals surface area contributed by atoms with Crippen molar-refractivity contribution in [1.29, 1.82) is 0 Å². The summed E-state index contributed by atoms with van der Waals surface area (Å²) in [6.45, 7) is 5.59. The van der Waals surface area contributed by atoms with Crippen LogP contribution in [0.5, 0.6) is 0 Å². The van der Waals surface area contributed by atoms with Crippen molar-refractivity contribution >= 4 is 0 Å². The van der Waals surface area contributed by atoms with Gasteiger partial charge in [0.15, 0.2) is 0 Å². The molecule has 4 nitrogen and oxygen atoms in total. The van der Waals surface area contributed by atoms with E-state index in [0.717, 1.165) is 6.54 Å². The zero-order valence-electron chi connectivity index (χ0n) is 10.6. The van der Waals surface area contributed by atoms with E-state index in [1.807, 2.05) is 0 Å². The van der Waals surface area contributed by atoms with Crippen molar-refractivity contribution in [2.24, 2.45) is 7.05 Å². The van der Waals surface area contributed by atoms with E-state index in [1.165, 1.54) is 17.0 Å². The van der Waals surface area contributed by atoms with Crippen molar-refractivity contribution in [2.45, 2.75) is 26.4 Å². The smallest absolute Gasteiger partial charge is 0.0638 e. The van der Waals surface area contributed by atoms with Crippen LogP contribution < -0.4 is 5.32 Å². The van der Waals surface area contributed by atoms with E-state index in [2.05, 4.69) is 36.8 Å². The zero-order chi connectivity index (χ0) is 12.1. The first-order valence-electron chi connectivity index (χ1n) is 5.55. The second-order valence-corrected chi connectivity index (χ2v) is 4.17. The Bertz CT molecular complexity index is 334. The molecule has 0 aliphatic carbocycles. The van der Waals surface area contributed by atoms with Gasteiger partial charge in [0.25, 0.3) is 0 Å². The highest BCUT2D eigenvalue weighted by molar-refractivity contribution is 5.26. The molecular formula is C12H22N2O2. The first-order chi connectivity index (χ1) is 7.60. The molecule has 1 unspecified atom stereocenters. The van der Waals surface area contributed by atoms with Crippen molar-refractivity contribution in [3.8, 4) is 0 Å². The molecule has 1 aromatic heterocycles. The monoisotopic (exact) mass is 226 g/mol. The molecule has 1 aromatic rings. The van der Waals surface area contributed by atoms with Gasteiger partial charge < -0.3 is 19.7 Å². The number of rotatable bonds is 6. The molecule has 0 aromatic carbocycles. The molecule has 16 heavy (non-hydrogen) atoms. The number of nitrogens with one attached hydrogen (secondary N) is 1. The third-order valence-corrected chi connectivity index (χ3v) is 3.05. The second-order valence-electron chi connectivity index (χ2n) is 4.17. The second kappa shape index (κ2) is 6.03. The summed E-state index contributed by atoms with van der Waals surface area (Å²) in [5.74, 6) is 0. The minimum absolute atomic E-state index is 0.00455. The number of aromatic nitrogens is 1. The third kappa shape index (κ3) is 3.07. The van der Waals surface area contributed by atoms with E-state index in [0.29, 0.717) is 6.61 Å². The molecule has 1 heterocycles. The van der Waals surface area contributed by atoms with Crippen LogP contribution in [0.2, 0.25) is 0 Å². The molecule has 0 amide bonds. The molecule has 0 bridgehead atoms. The lowest BCUT2D eigenvalue weighted by Gasteiger charge is -2.15. The zero-order valence-corrected chi connectivity index (χ0v) is 10.6. The quantitative estimate of drug-likeness (QED) is 0.752. The van der Waals surface area contributed by atoms with Gasteiger partial charge in [-0.25, -0.2) is 0 Å². The lowest BCUT2D eigenvalue weighted by atomic mass is 10.2. The van der Waals surface area contributed by atoms with Gasteiger partial charge in [-0.05, 0) is 25.5 Å². The van der Waals surface area contributed by atoms with Crippen LogP contribution >= 0.6 is 0 Å². The van der Waals surface area contributed by atoms with Gasteiger partial charge in [-0.2, -0.15) is 0 Å². The maximum atomic E-state index is 9.12. The molecule has 0 aliphatic heterocycles. The first-order valence-corrected chi connectivity index (χ1v) is 5.55. The maximum Gasteiger partial charge on any atom is 0.0638 e. The van der Waals surface area contributed by atoms with Gasteiger partial charge >= 0.3 is 0 Å². The fourth-order valence-electron chi connectivity index (χ4n) is 1.74.